The van der Waals surface area contributed by atoms with Gasteiger partial charge in [-0.05, 0) is 69.0 Å². The third kappa shape index (κ3) is 5.97. The summed E-state index contributed by atoms with van der Waals surface area (Å²) in [4.78, 5) is 12.1. The van der Waals surface area contributed by atoms with E-state index >= 15 is 0 Å². The lowest BCUT2D eigenvalue weighted by Crippen LogP contribution is -2.40. The van der Waals surface area contributed by atoms with Crippen molar-refractivity contribution in [2.75, 3.05) is 4.72 Å². The molecule has 1 amide bonds. The third-order valence-electron chi connectivity index (χ3n) is 4.41. The highest BCUT2D eigenvalue weighted by Crippen LogP contribution is 2.30. The number of hydrogen-bond acceptors (Lipinski definition) is 4. The van der Waals surface area contributed by atoms with Gasteiger partial charge in [-0.3, -0.25) is 9.52 Å². The molecule has 0 aromatic heterocycles. The van der Waals surface area contributed by atoms with Crippen molar-refractivity contribution >= 4 is 21.6 Å². The van der Waals surface area contributed by atoms with Crippen molar-refractivity contribution in [3.05, 3.63) is 53.6 Å². The molecule has 29 heavy (non-hydrogen) atoms. The van der Waals surface area contributed by atoms with Crippen LogP contribution in [0.4, 0.5) is 5.69 Å². The van der Waals surface area contributed by atoms with Crippen LogP contribution in [0.1, 0.15) is 51.7 Å². The van der Waals surface area contributed by atoms with Gasteiger partial charge in [-0.25, -0.2) is 8.42 Å². The number of para-hydroxylation sites is 1. The zero-order chi connectivity index (χ0) is 21.8. The molecule has 2 rings (SSSR count). The second-order valence-electron chi connectivity index (χ2n) is 7.69. The number of sulfonamides is 1. The third-order valence-corrected chi connectivity index (χ3v) is 5.78. The average Bonchev–Trinajstić information content (AvgIpc) is 2.63. The average molecular weight is 419 g/mol. The SMILES string of the molecule is Cc1cccc(C(C)C)c1NS(=O)(=O)c1ccc(O[C@@H](C)C(=O)NC(C)C)cc1. The first-order valence-corrected chi connectivity index (χ1v) is 11.2. The predicted octanol–water partition coefficient (Wildman–Crippen LogP) is 4.21. The zero-order valence-electron chi connectivity index (χ0n) is 17.8. The molecular formula is C22H30N2O4S. The molecule has 0 bridgehead atoms. The van der Waals surface area contributed by atoms with E-state index in [-0.39, 0.29) is 22.8 Å². The van der Waals surface area contributed by atoms with Gasteiger partial charge in [0.15, 0.2) is 6.10 Å². The van der Waals surface area contributed by atoms with Crippen molar-refractivity contribution < 1.29 is 17.9 Å². The molecule has 0 aliphatic carbocycles. The van der Waals surface area contributed by atoms with Gasteiger partial charge in [-0.1, -0.05) is 32.0 Å². The number of aryl methyl sites for hydroxylation is 1. The minimum Gasteiger partial charge on any atom is -0.481 e. The predicted molar refractivity (Wildman–Crippen MR) is 116 cm³/mol. The highest BCUT2D eigenvalue weighted by atomic mass is 32.2. The van der Waals surface area contributed by atoms with E-state index in [0.29, 0.717) is 11.4 Å². The summed E-state index contributed by atoms with van der Waals surface area (Å²) in [6.07, 6.45) is -0.682. The summed E-state index contributed by atoms with van der Waals surface area (Å²) in [5, 5.41) is 2.78. The van der Waals surface area contributed by atoms with Gasteiger partial charge in [-0.15, -0.1) is 0 Å². The van der Waals surface area contributed by atoms with Crippen molar-refractivity contribution in [3.8, 4) is 5.75 Å². The summed E-state index contributed by atoms with van der Waals surface area (Å²) in [6, 6.07) is 11.8. The van der Waals surface area contributed by atoms with E-state index in [1.807, 2.05) is 52.8 Å². The molecule has 158 valence electrons. The van der Waals surface area contributed by atoms with E-state index in [9.17, 15) is 13.2 Å². The van der Waals surface area contributed by atoms with Gasteiger partial charge in [0, 0.05) is 6.04 Å². The molecule has 0 aliphatic rings. The summed E-state index contributed by atoms with van der Waals surface area (Å²) < 4.78 is 34.1. The number of ether oxygens (including phenoxy) is 1. The standard InChI is InChI=1S/C22H30N2O4S/c1-14(2)20-9-7-8-16(5)21(20)24-29(26,27)19-12-10-18(11-13-19)28-17(6)22(25)23-15(3)4/h7-15,17,24H,1-6H3,(H,23,25)/t17-/m0/s1. The first-order valence-electron chi connectivity index (χ1n) is 9.70. The van der Waals surface area contributed by atoms with E-state index in [1.165, 1.54) is 12.1 Å². The second-order valence-corrected chi connectivity index (χ2v) is 9.38. The molecule has 0 saturated carbocycles. The molecule has 0 radical (unpaired) electrons. The number of hydrogen-bond donors (Lipinski definition) is 2. The molecule has 2 aromatic rings. The number of benzene rings is 2. The van der Waals surface area contributed by atoms with Crippen LogP contribution in [0, 0.1) is 6.92 Å². The van der Waals surface area contributed by atoms with Crippen LogP contribution in [0.2, 0.25) is 0 Å². The molecule has 1 atom stereocenters. The Morgan fingerprint density at radius 2 is 1.59 bits per heavy atom. The van der Waals surface area contributed by atoms with Crippen LogP contribution in [-0.4, -0.2) is 26.5 Å². The van der Waals surface area contributed by atoms with Crippen molar-refractivity contribution in [3.63, 3.8) is 0 Å². The lowest BCUT2D eigenvalue weighted by Gasteiger charge is -2.18. The number of carbonyl (C=O) groups is 1. The van der Waals surface area contributed by atoms with Crippen LogP contribution in [0.15, 0.2) is 47.4 Å². The van der Waals surface area contributed by atoms with Gasteiger partial charge >= 0.3 is 0 Å². The number of anilines is 1. The first-order chi connectivity index (χ1) is 13.5. The maximum atomic E-state index is 12.9. The van der Waals surface area contributed by atoms with Crippen molar-refractivity contribution in [2.24, 2.45) is 0 Å². The fourth-order valence-electron chi connectivity index (χ4n) is 2.86. The van der Waals surface area contributed by atoms with Crippen LogP contribution >= 0.6 is 0 Å². The van der Waals surface area contributed by atoms with Gasteiger partial charge < -0.3 is 10.1 Å². The van der Waals surface area contributed by atoms with Gasteiger partial charge in [0.1, 0.15) is 5.75 Å². The molecule has 0 heterocycles. The number of nitrogens with one attached hydrogen (secondary N) is 2. The molecule has 2 N–H and O–H groups in total. The van der Waals surface area contributed by atoms with Crippen LogP contribution in [0.3, 0.4) is 0 Å². The zero-order valence-corrected chi connectivity index (χ0v) is 18.6. The summed E-state index contributed by atoms with van der Waals surface area (Å²) in [6.45, 7) is 11.3. The molecule has 0 fully saturated rings. The Kier molecular flexibility index (Phi) is 7.30. The van der Waals surface area contributed by atoms with Gasteiger partial charge in [-0.2, -0.15) is 0 Å². The number of carbonyl (C=O) groups excluding carboxylic acids is 1. The van der Waals surface area contributed by atoms with Crippen LogP contribution in [-0.2, 0) is 14.8 Å². The normalized spacial score (nSPS) is 12.7. The maximum Gasteiger partial charge on any atom is 0.261 e. The van der Waals surface area contributed by atoms with Gasteiger partial charge in [0.05, 0.1) is 10.6 Å². The van der Waals surface area contributed by atoms with Crippen LogP contribution in [0.5, 0.6) is 5.75 Å². The van der Waals surface area contributed by atoms with Crippen molar-refractivity contribution in [2.45, 2.75) is 64.5 Å². The topological polar surface area (TPSA) is 84.5 Å². The monoisotopic (exact) mass is 418 g/mol. The fourth-order valence-corrected chi connectivity index (χ4v) is 4.02. The Balaban J connectivity index is 2.18. The quantitative estimate of drug-likeness (QED) is 0.672. The summed E-state index contributed by atoms with van der Waals surface area (Å²) in [5.41, 5.74) is 2.42. The van der Waals surface area contributed by atoms with E-state index in [2.05, 4.69) is 10.0 Å². The molecule has 2 aromatic carbocycles. The smallest absolute Gasteiger partial charge is 0.261 e. The lowest BCUT2D eigenvalue weighted by molar-refractivity contribution is -0.127. The number of amides is 1. The fraction of sp³-hybridized carbons (Fsp3) is 0.409. The summed E-state index contributed by atoms with van der Waals surface area (Å²) in [7, 11) is -3.75. The minimum absolute atomic E-state index is 0.0179. The Morgan fingerprint density at radius 3 is 2.14 bits per heavy atom. The lowest BCUT2D eigenvalue weighted by atomic mass is 9.99. The Morgan fingerprint density at radius 1 is 0.966 bits per heavy atom. The first kappa shape index (κ1) is 22.7. The molecule has 6 nitrogen and oxygen atoms in total. The van der Waals surface area contributed by atoms with E-state index in [0.717, 1.165) is 11.1 Å². The minimum atomic E-state index is -3.75. The van der Waals surface area contributed by atoms with E-state index in [1.54, 1.807) is 19.1 Å². The van der Waals surface area contributed by atoms with E-state index in [4.69, 9.17) is 4.74 Å². The Labute approximate surface area is 173 Å². The van der Waals surface area contributed by atoms with Gasteiger partial charge in [0.2, 0.25) is 0 Å². The molecule has 7 heteroatoms. The highest BCUT2D eigenvalue weighted by molar-refractivity contribution is 7.92. The van der Waals surface area contributed by atoms with Crippen LogP contribution < -0.4 is 14.8 Å². The molecular weight excluding hydrogens is 388 g/mol. The number of rotatable bonds is 8. The molecule has 0 spiro atoms. The van der Waals surface area contributed by atoms with Gasteiger partial charge in [0.25, 0.3) is 15.9 Å². The summed E-state index contributed by atoms with van der Waals surface area (Å²) in [5.74, 6) is 0.384. The summed E-state index contributed by atoms with van der Waals surface area (Å²) >= 11 is 0. The van der Waals surface area contributed by atoms with Crippen molar-refractivity contribution in [1.29, 1.82) is 0 Å². The van der Waals surface area contributed by atoms with Crippen LogP contribution in [0.25, 0.3) is 0 Å². The second kappa shape index (κ2) is 9.31. The maximum absolute atomic E-state index is 12.9. The molecule has 0 aliphatic heterocycles. The molecule has 0 saturated heterocycles. The van der Waals surface area contributed by atoms with Crippen molar-refractivity contribution in [1.82, 2.24) is 5.32 Å². The molecule has 0 unspecified atom stereocenters. The largest absolute Gasteiger partial charge is 0.481 e. The Bertz CT molecular complexity index is 951. The van der Waals surface area contributed by atoms with E-state index < -0.39 is 16.1 Å². The highest BCUT2D eigenvalue weighted by Gasteiger charge is 2.20. The Hall–Kier alpha value is -2.54.